The number of rotatable bonds is 6. The standard InChI is InChI=1S/C29H29N7OS/c30-21-23(27-32-33-28(34-16-18-37-19-17-34)36(27)24-12-6-2-7-13-24)20-25-26(22-10-4-1-5-11-22)31-29(38-25)35-14-8-3-9-15-35/h1-2,4-7,10-13,20H,3,8-9,14-19H2/b23-20+. The summed E-state index contributed by atoms with van der Waals surface area (Å²) in [6.45, 7) is 4.75. The predicted octanol–water partition coefficient (Wildman–Crippen LogP) is 5.28. The third-order valence-electron chi connectivity index (χ3n) is 6.91. The first-order chi connectivity index (χ1) is 18.8. The fraction of sp³-hybridized carbons (Fsp3) is 0.310. The molecule has 0 bridgehead atoms. The Morgan fingerprint density at radius 1 is 0.868 bits per heavy atom. The van der Waals surface area contributed by atoms with E-state index < -0.39 is 0 Å². The largest absolute Gasteiger partial charge is 0.378 e. The minimum absolute atomic E-state index is 0.451. The number of hydrogen-bond donors (Lipinski definition) is 0. The van der Waals surface area contributed by atoms with Crippen LogP contribution < -0.4 is 9.80 Å². The van der Waals surface area contributed by atoms with Crippen molar-refractivity contribution in [3.63, 3.8) is 0 Å². The van der Waals surface area contributed by atoms with Crippen LogP contribution in [0.3, 0.4) is 0 Å². The molecule has 192 valence electrons. The van der Waals surface area contributed by atoms with Crippen LogP contribution in [-0.2, 0) is 4.74 Å². The van der Waals surface area contributed by atoms with Crippen molar-refractivity contribution in [3.05, 3.63) is 71.4 Å². The van der Waals surface area contributed by atoms with Crippen molar-refractivity contribution in [2.45, 2.75) is 19.3 Å². The monoisotopic (exact) mass is 523 g/mol. The molecule has 0 N–H and O–H groups in total. The average molecular weight is 524 g/mol. The summed E-state index contributed by atoms with van der Waals surface area (Å²) in [5, 5.41) is 20.5. The second kappa shape index (κ2) is 11.2. The Balaban J connectivity index is 1.47. The number of hydrogen-bond acceptors (Lipinski definition) is 8. The van der Waals surface area contributed by atoms with E-state index in [1.165, 1.54) is 19.3 Å². The molecule has 2 fully saturated rings. The van der Waals surface area contributed by atoms with Crippen LogP contribution in [0.15, 0.2) is 60.7 Å². The number of nitriles is 1. The van der Waals surface area contributed by atoms with Gasteiger partial charge >= 0.3 is 0 Å². The van der Waals surface area contributed by atoms with Crippen LogP contribution in [0, 0.1) is 11.3 Å². The molecule has 2 aliphatic rings. The van der Waals surface area contributed by atoms with E-state index in [4.69, 9.17) is 9.72 Å². The Hall–Kier alpha value is -4.00. The molecule has 6 rings (SSSR count). The van der Waals surface area contributed by atoms with Gasteiger partial charge < -0.3 is 14.5 Å². The van der Waals surface area contributed by atoms with Gasteiger partial charge in [-0.1, -0.05) is 59.9 Å². The lowest BCUT2D eigenvalue weighted by Crippen LogP contribution is -2.38. The molecule has 9 heteroatoms. The molecule has 2 saturated heterocycles. The molecule has 8 nitrogen and oxygen atoms in total. The average Bonchev–Trinajstić information content (AvgIpc) is 3.63. The number of para-hydroxylation sites is 1. The number of piperidine rings is 1. The predicted molar refractivity (Wildman–Crippen MR) is 151 cm³/mol. The number of morpholine rings is 1. The van der Waals surface area contributed by atoms with Crippen LogP contribution in [0.5, 0.6) is 0 Å². The van der Waals surface area contributed by atoms with Gasteiger partial charge in [-0.2, -0.15) is 5.26 Å². The first-order valence-electron chi connectivity index (χ1n) is 13.1. The summed E-state index contributed by atoms with van der Waals surface area (Å²) in [7, 11) is 0. The van der Waals surface area contributed by atoms with E-state index in [2.05, 4.69) is 38.2 Å². The van der Waals surface area contributed by atoms with Gasteiger partial charge in [0.25, 0.3) is 0 Å². The van der Waals surface area contributed by atoms with E-state index in [0.29, 0.717) is 24.6 Å². The first-order valence-corrected chi connectivity index (χ1v) is 13.9. The van der Waals surface area contributed by atoms with E-state index in [-0.39, 0.29) is 0 Å². The minimum Gasteiger partial charge on any atom is -0.378 e. The lowest BCUT2D eigenvalue weighted by molar-refractivity contribution is 0.122. The Labute approximate surface area is 226 Å². The highest BCUT2D eigenvalue weighted by Crippen LogP contribution is 2.37. The highest BCUT2D eigenvalue weighted by atomic mass is 32.1. The summed E-state index contributed by atoms with van der Waals surface area (Å²) in [4.78, 5) is 10.6. The van der Waals surface area contributed by atoms with Crippen molar-refractivity contribution < 1.29 is 4.74 Å². The molecular weight excluding hydrogens is 494 g/mol. The highest BCUT2D eigenvalue weighted by molar-refractivity contribution is 7.17. The van der Waals surface area contributed by atoms with Crippen molar-refractivity contribution in [1.82, 2.24) is 19.7 Å². The second-order valence-electron chi connectivity index (χ2n) is 9.39. The molecule has 0 aliphatic carbocycles. The van der Waals surface area contributed by atoms with Gasteiger partial charge in [0.2, 0.25) is 5.95 Å². The molecule has 2 aromatic carbocycles. The van der Waals surface area contributed by atoms with Crippen LogP contribution in [0.2, 0.25) is 0 Å². The molecule has 0 amide bonds. The fourth-order valence-corrected chi connectivity index (χ4v) is 6.03. The molecular formula is C29H29N7OS. The smallest absolute Gasteiger partial charge is 0.232 e. The van der Waals surface area contributed by atoms with E-state index >= 15 is 0 Å². The molecule has 0 spiro atoms. The summed E-state index contributed by atoms with van der Waals surface area (Å²) in [5.41, 5.74) is 3.29. The third-order valence-corrected chi connectivity index (χ3v) is 7.97. The molecule has 2 aliphatic heterocycles. The number of ether oxygens (including phenoxy) is 1. The van der Waals surface area contributed by atoms with Gasteiger partial charge in [-0.15, -0.1) is 10.2 Å². The molecule has 4 heterocycles. The zero-order valence-electron chi connectivity index (χ0n) is 21.2. The van der Waals surface area contributed by atoms with Crippen molar-refractivity contribution >= 4 is 34.1 Å². The third kappa shape index (κ3) is 4.93. The summed E-state index contributed by atoms with van der Waals surface area (Å²) < 4.78 is 7.54. The number of nitrogens with zero attached hydrogens (tertiary/aromatic N) is 7. The van der Waals surface area contributed by atoms with Crippen molar-refractivity contribution in [2.75, 3.05) is 49.2 Å². The van der Waals surface area contributed by atoms with Gasteiger partial charge in [0, 0.05) is 31.7 Å². The molecule has 0 saturated carbocycles. The van der Waals surface area contributed by atoms with Gasteiger partial charge in [0.05, 0.1) is 35.0 Å². The Kier molecular flexibility index (Phi) is 7.16. The Bertz CT molecular complexity index is 1440. The highest BCUT2D eigenvalue weighted by Gasteiger charge is 2.25. The summed E-state index contributed by atoms with van der Waals surface area (Å²) in [6, 6.07) is 22.6. The van der Waals surface area contributed by atoms with Crippen molar-refractivity contribution in [2.24, 2.45) is 0 Å². The van der Waals surface area contributed by atoms with E-state index in [0.717, 1.165) is 59.1 Å². The van der Waals surface area contributed by atoms with Crippen LogP contribution >= 0.6 is 11.3 Å². The molecule has 0 unspecified atom stereocenters. The van der Waals surface area contributed by atoms with Gasteiger partial charge in [-0.3, -0.25) is 4.57 Å². The molecule has 0 radical (unpaired) electrons. The maximum atomic E-state index is 10.4. The lowest BCUT2D eigenvalue weighted by atomic mass is 10.1. The summed E-state index contributed by atoms with van der Waals surface area (Å²) in [6.07, 6.45) is 5.55. The van der Waals surface area contributed by atoms with Crippen LogP contribution in [0.25, 0.3) is 28.6 Å². The maximum Gasteiger partial charge on any atom is 0.232 e. The maximum absolute atomic E-state index is 10.4. The van der Waals surface area contributed by atoms with E-state index in [1.807, 2.05) is 59.2 Å². The number of benzene rings is 2. The van der Waals surface area contributed by atoms with E-state index in [1.54, 1.807) is 11.3 Å². The molecule has 2 aromatic heterocycles. The number of anilines is 2. The summed E-state index contributed by atoms with van der Waals surface area (Å²) in [5.74, 6) is 1.24. The minimum atomic E-state index is 0.451. The van der Waals surface area contributed by atoms with Gasteiger partial charge in [0.1, 0.15) is 6.07 Å². The number of aromatic nitrogens is 4. The van der Waals surface area contributed by atoms with E-state index in [9.17, 15) is 5.26 Å². The SMILES string of the molecule is N#C/C(=C\c1sc(N2CCCCC2)nc1-c1ccccc1)c1nnc(N2CCOCC2)n1-c1ccccc1. The van der Waals surface area contributed by atoms with Gasteiger partial charge in [-0.25, -0.2) is 4.98 Å². The fourth-order valence-electron chi connectivity index (χ4n) is 4.95. The van der Waals surface area contributed by atoms with Crippen LogP contribution in [0.4, 0.5) is 11.1 Å². The topological polar surface area (TPSA) is 83.1 Å². The van der Waals surface area contributed by atoms with Crippen molar-refractivity contribution in [1.29, 1.82) is 5.26 Å². The quantitative estimate of drug-likeness (QED) is 0.318. The zero-order chi connectivity index (χ0) is 25.7. The second-order valence-corrected chi connectivity index (χ2v) is 10.4. The van der Waals surface area contributed by atoms with Crippen LogP contribution in [0.1, 0.15) is 30.0 Å². The number of allylic oxidation sites excluding steroid dienone is 1. The zero-order valence-corrected chi connectivity index (χ0v) is 22.0. The molecule has 0 atom stereocenters. The Morgan fingerprint density at radius 2 is 1.58 bits per heavy atom. The Morgan fingerprint density at radius 3 is 2.29 bits per heavy atom. The van der Waals surface area contributed by atoms with Gasteiger partial charge in [-0.05, 0) is 37.5 Å². The number of thiazole rings is 1. The van der Waals surface area contributed by atoms with Crippen molar-refractivity contribution in [3.8, 4) is 23.0 Å². The van der Waals surface area contributed by atoms with Crippen LogP contribution in [-0.4, -0.2) is 59.1 Å². The normalized spacial score (nSPS) is 16.4. The lowest BCUT2D eigenvalue weighted by Gasteiger charge is -2.28. The van der Waals surface area contributed by atoms with Gasteiger partial charge in [0.15, 0.2) is 11.0 Å². The summed E-state index contributed by atoms with van der Waals surface area (Å²) >= 11 is 1.64. The molecule has 38 heavy (non-hydrogen) atoms. The first kappa shape index (κ1) is 24.3. The molecule has 4 aromatic rings.